The number of carbonyl (C=O) groups excluding carboxylic acids is 4. The van der Waals surface area contributed by atoms with E-state index >= 15 is 0 Å². The van der Waals surface area contributed by atoms with Crippen LogP contribution in [-0.2, 0) is 24.6 Å². The van der Waals surface area contributed by atoms with Gasteiger partial charge in [-0.15, -0.1) is 11.3 Å². The molecule has 0 spiro atoms. The second-order valence-electron chi connectivity index (χ2n) is 12.9. The molecule has 2 atom stereocenters. The van der Waals surface area contributed by atoms with E-state index in [9.17, 15) is 32.5 Å². The molecule has 3 aromatic rings. The molecule has 48 heavy (non-hydrogen) atoms. The lowest BCUT2D eigenvalue weighted by Crippen LogP contribution is -2.58. The van der Waals surface area contributed by atoms with Crippen molar-refractivity contribution in [1.82, 2.24) is 15.1 Å². The Kier molecular flexibility index (Phi) is 11.2. The van der Waals surface area contributed by atoms with Gasteiger partial charge in [0.2, 0.25) is 17.7 Å². The molecule has 2 heterocycles. The number of rotatable bonds is 10. The third kappa shape index (κ3) is 8.14. The number of hydrogen-bond acceptors (Lipinski definition) is 6. The van der Waals surface area contributed by atoms with Crippen molar-refractivity contribution in [2.75, 3.05) is 32.1 Å². The maximum absolute atomic E-state index is 14.3. The molecular weight excluding hydrogens is 733 g/mol. The number of hydrogen-bond donors (Lipinski definition) is 3. The van der Waals surface area contributed by atoms with E-state index in [-0.39, 0.29) is 41.6 Å². The number of amides is 4. The fraction of sp³-hybridized carbons (Fsp3) is 0.438. The average Bonchev–Trinajstić information content (AvgIpc) is 3.65. The Hall–Kier alpha value is -3.23. The van der Waals surface area contributed by atoms with Crippen molar-refractivity contribution < 1.29 is 42.3 Å². The maximum Gasteiger partial charge on any atom is 0.399 e. The van der Waals surface area contributed by atoms with Gasteiger partial charge in [0.25, 0.3) is 5.91 Å². The van der Waals surface area contributed by atoms with Crippen molar-refractivity contribution in [3.63, 3.8) is 0 Å². The molecule has 11 nitrogen and oxygen atoms in total. The first-order chi connectivity index (χ1) is 22.2. The van der Waals surface area contributed by atoms with Gasteiger partial charge in [-0.3, -0.25) is 23.7 Å². The van der Waals surface area contributed by atoms with Crippen molar-refractivity contribution in [2.45, 2.75) is 57.8 Å². The highest BCUT2D eigenvalue weighted by molar-refractivity contribution is 9.10. The molecule has 260 valence electrons. The molecule has 0 aliphatic carbocycles. The first-order valence-corrected chi connectivity index (χ1v) is 18.3. The molecule has 4 rings (SSSR count). The van der Waals surface area contributed by atoms with Crippen molar-refractivity contribution >= 4 is 74.3 Å². The molecule has 1 aliphatic heterocycles. The Balaban J connectivity index is 1.59. The van der Waals surface area contributed by atoms with Gasteiger partial charge in [0.05, 0.1) is 4.88 Å². The molecule has 1 fully saturated rings. The number of halogens is 3. The molecule has 1 aromatic heterocycles. The fourth-order valence-corrected chi connectivity index (χ4v) is 7.24. The normalized spacial score (nSPS) is 16.1. The summed E-state index contributed by atoms with van der Waals surface area (Å²) in [6.45, 7) is 5.68. The van der Waals surface area contributed by atoms with Crippen LogP contribution in [-0.4, -0.2) is 82.5 Å². The summed E-state index contributed by atoms with van der Waals surface area (Å²) in [4.78, 5) is 77.1. The molecule has 0 saturated carbocycles. The van der Waals surface area contributed by atoms with Crippen LogP contribution in [0.3, 0.4) is 0 Å². The summed E-state index contributed by atoms with van der Waals surface area (Å²) in [7, 11) is -2.52. The monoisotopic (exact) mass is 770 g/mol. The molecule has 1 saturated heterocycles. The third-order valence-electron chi connectivity index (χ3n) is 8.10. The van der Waals surface area contributed by atoms with Crippen molar-refractivity contribution in [2.24, 2.45) is 5.41 Å². The quantitative estimate of drug-likeness (QED) is 0.230. The van der Waals surface area contributed by atoms with Gasteiger partial charge < -0.3 is 29.8 Å². The SMILES string of the molecule is CN(C)C(=O)CCN(C(=O)[C@@H]1CCCN1C(=O)C(NC(=O)c1cc2cc(C(F)(F)P(=O)(O)O)ccc2s1)C(C)(C)C)c1cccc(Br)c1. The predicted molar refractivity (Wildman–Crippen MR) is 183 cm³/mol. The molecule has 1 aliphatic rings. The average molecular weight is 772 g/mol. The minimum atomic E-state index is -5.79. The van der Waals surface area contributed by atoms with Crippen LogP contribution in [0.4, 0.5) is 14.5 Å². The van der Waals surface area contributed by atoms with Gasteiger partial charge >= 0.3 is 13.3 Å². The standard InChI is InChI=1S/C32H38BrF2N4O7PS/c1-31(2,3)27(36-28(41)25-17-19-16-20(11-12-24(19)48-25)32(34,35)47(44,45)46)30(43)39-14-7-10-23(39)29(42)38(15-13-26(40)37(4)5)22-9-6-8-21(33)18-22/h6,8-9,11-12,16-18,23,27H,7,10,13-15H2,1-5H3,(H,36,41)(H2,44,45,46)/t23-,27?/m0/s1. The Morgan fingerprint density at radius 3 is 2.40 bits per heavy atom. The predicted octanol–water partition coefficient (Wildman–Crippen LogP) is 5.54. The molecule has 2 aromatic carbocycles. The van der Waals surface area contributed by atoms with Crippen molar-refractivity contribution in [3.05, 3.63) is 63.4 Å². The van der Waals surface area contributed by atoms with Crippen LogP contribution in [0.2, 0.25) is 0 Å². The smallest absolute Gasteiger partial charge is 0.349 e. The number of alkyl halides is 2. The summed E-state index contributed by atoms with van der Waals surface area (Å²) in [5.41, 5.74) is -5.54. The van der Waals surface area contributed by atoms with E-state index in [1.807, 2.05) is 6.07 Å². The van der Waals surface area contributed by atoms with Gasteiger partial charge in [0.1, 0.15) is 12.1 Å². The maximum atomic E-state index is 14.3. The highest BCUT2D eigenvalue weighted by Gasteiger charge is 2.50. The molecule has 4 amide bonds. The number of nitrogens with one attached hydrogen (secondary N) is 1. The molecule has 0 bridgehead atoms. The van der Waals surface area contributed by atoms with E-state index in [1.54, 1.807) is 53.1 Å². The van der Waals surface area contributed by atoms with Crippen LogP contribution in [0.25, 0.3) is 10.1 Å². The minimum Gasteiger partial charge on any atom is -0.349 e. The van der Waals surface area contributed by atoms with Crippen LogP contribution in [0.1, 0.15) is 55.3 Å². The molecule has 1 unspecified atom stereocenters. The zero-order valence-electron chi connectivity index (χ0n) is 27.1. The molecule has 0 radical (unpaired) electrons. The summed E-state index contributed by atoms with van der Waals surface area (Å²) in [5, 5.41) is 2.97. The summed E-state index contributed by atoms with van der Waals surface area (Å²) in [5.74, 6) is -1.62. The van der Waals surface area contributed by atoms with E-state index in [4.69, 9.17) is 9.79 Å². The van der Waals surface area contributed by atoms with Gasteiger partial charge in [-0.25, -0.2) is 0 Å². The van der Waals surface area contributed by atoms with E-state index in [1.165, 1.54) is 26.8 Å². The lowest BCUT2D eigenvalue weighted by molar-refractivity contribution is -0.141. The first-order valence-electron chi connectivity index (χ1n) is 15.1. The minimum absolute atomic E-state index is 0.0696. The molecular formula is C32H38BrF2N4O7PS. The summed E-state index contributed by atoms with van der Waals surface area (Å²) >= 11 is 4.41. The number of anilines is 1. The van der Waals surface area contributed by atoms with Gasteiger partial charge in [-0.05, 0) is 60.0 Å². The van der Waals surface area contributed by atoms with Crippen LogP contribution >= 0.6 is 34.9 Å². The summed E-state index contributed by atoms with van der Waals surface area (Å²) < 4.78 is 41.2. The van der Waals surface area contributed by atoms with Crippen LogP contribution in [0.5, 0.6) is 0 Å². The lowest BCUT2D eigenvalue weighted by Gasteiger charge is -2.36. The topological polar surface area (TPSA) is 148 Å². The second-order valence-corrected chi connectivity index (χ2v) is 16.6. The zero-order valence-corrected chi connectivity index (χ0v) is 30.4. The highest BCUT2D eigenvalue weighted by atomic mass is 79.9. The van der Waals surface area contributed by atoms with Crippen molar-refractivity contribution in [1.29, 1.82) is 0 Å². The van der Waals surface area contributed by atoms with E-state index < -0.39 is 48.1 Å². The Morgan fingerprint density at radius 1 is 1.10 bits per heavy atom. The van der Waals surface area contributed by atoms with E-state index in [2.05, 4.69) is 21.2 Å². The largest absolute Gasteiger partial charge is 0.399 e. The van der Waals surface area contributed by atoms with Crippen molar-refractivity contribution in [3.8, 4) is 0 Å². The van der Waals surface area contributed by atoms with Crippen LogP contribution < -0.4 is 10.2 Å². The number of thiophene rings is 1. The summed E-state index contributed by atoms with van der Waals surface area (Å²) in [6.07, 6.45) is 1.01. The number of likely N-dealkylation sites (tertiary alicyclic amines) is 1. The molecule has 3 N–H and O–H groups in total. The zero-order chi connectivity index (χ0) is 35.8. The van der Waals surface area contributed by atoms with Gasteiger partial charge in [0, 0.05) is 54.0 Å². The lowest BCUT2D eigenvalue weighted by atomic mass is 9.85. The Bertz CT molecular complexity index is 1770. The van der Waals surface area contributed by atoms with Gasteiger partial charge in [-0.1, -0.05) is 48.8 Å². The number of fused-ring (bicyclic) bond motifs is 1. The van der Waals surface area contributed by atoms with Crippen LogP contribution in [0, 0.1) is 5.41 Å². The van der Waals surface area contributed by atoms with Crippen LogP contribution in [0.15, 0.2) is 53.0 Å². The highest BCUT2D eigenvalue weighted by Crippen LogP contribution is 2.59. The molecule has 16 heteroatoms. The number of carbonyl (C=O) groups is 4. The Labute approximate surface area is 289 Å². The van der Waals surface area contributed by atoms with Gasteiger partial charge in [0.15, 0.2) is 0 Å². The number of nitrogens with zero attached hydrogens (tertiary/aromatic N) is 3. The number of benzene rings is 2. The Morgan fingerprint density at radius 2 is 1.79 bits per heavy atom. The first kappa shape index (κ1) is 37.6. The summed E-state index contributed by atoms with van der Waals surface area (Å²) in [6, 6.07) is 9.59. The fourth-order valence-electron chi connectivity index (χ4n) is 5.44. The van der Waals surface area contributed by atoms with E-state index in [0.29, 0.717) is 23.2 Å². The van der Waals surface area contributed by atoms with Gasteiger partial charge in [-0.2, -0.15) is 8.78 Å². The van der Waals surface area contributed by atoms with E-state index in [0.717, 1.165) is 27.9 Å². The third-order valence-corrected chi connectivity index (χ3v) is 10.7. The second kappa shape index (κ2) is 14.3.